The summed E-state index contributed by atoms with van der Waals surface area (Å²) in [6.07, 6.45) is 3.43. The van der Waals surface area contributed by atoms with Crippen molar-refractivity contribution in [2.45, 2.75) is 0 Å². The van der Waals surface area contributed by atoms with Gasteiger partial charge >= 0.3 is 0 Å². The lowest BCUT2D eigenvalue weighted by Crippen LogP contribution is -2.50. The molecule has 1 aliphatic rings. The molecule has 2 rings (SSSR count). The minimum Gasteiger partial charge on any atom is -0.362 e. The molecular weight excluding hydrogens is 346 g/mol. The van der Waals surface area contributed by atoms with E-state index >= 15 is 0 Å². The standard InChI is InChI=1S/C15H23N5O2S2/c1-2-6-17-15(23)18-8-13-24(21,22)20-11-9-19(10-12-20)14-5-3-4-7-16-14/h2-5,7H,1,6,8-13H2,(H2,17,18,23). The van der Waals surface area contributed by atoms with Crippen LogP contribution in [0.2, 0.25) is 0 Å². The number of hydrogen-bond acceptors (Lipinski definition) is 5. The van der Waals surface area contributed by atoms with Crippen LogP contribution < -0.4 is 15.5 Å². The van der Waals surface area contributed by atoms with E-state index in [1.807, 2.05) is 18.2 Å². The molecule has 0 aromatic carbocycles. The van der Waals surface area contributed by atoms with Gasteiger partial charge < -0.3 is 15.5 Å². The van der Waals surface area contributed by atoms with Crippen LogP contribution in [0, 0.1) is 0 Å². The van der Waals surface area contributed by atoms with Gasteiger partial charge in [-0.15, -0.1) is 6.58 Å². The predicted octanol–water partition coefficient (Wildman–Crippen LogP) is 0.184. The molecule has 2 heterocycles. The van der Waals surface area contributed by atoms with Gasteiger partial charge in [0, 0.05) is 45.5 Å². The third-order valence-corrected chi connectivity index (χ3v) is 5.82. The summed E-state index contributed by atoms with van der Waals surface area (Å²) in [7, 11) is -3.29. The average molecular weight is 370 g/mol. The van der Waals surface area contributed by atoms with Gasteiger partial charge in [-0.3, -0.25) is 0 Å². The minimum absolute atomic E-state index is 0.0203. The van der Waals surface area contributed by atoms with E-state index in [1.165, 1.54) is 4.31 Å². The first-order chi connectivity index (χ1) is 11.5. The molecular formula is C15H23N5O2S2. The zero-order valence-electron chi connectivity index (χ0n) is 13.5. The Balaban J connectivity index is 1.77. The maximum Gasteiger partial charge on any atom is 0.215 e. The third kappa shape index (κ3) is 5.43. The second-order valence-electron chi connectivity index (χ2n) is 5.32. The Morgan fingerprint density at radius 3 is 2.67 bits per heavy atom. The number of rotatable bonds is 7. The van der Waals surface area contributed by atoms with Crippen LogP contribution in [0.5, 0.6) is 0 Å². The molecule has 1 fully saturated rings. The fourth-order valence-electron chi connectivity index (χ4n) is 2.39. The van der Waals surface area contributed by atoms with Crippen molar-refractivity contribution in [3.8, 4) is 0 Å². The molecule has 9 heteroatoms. The Bertz CT molecular complexity index is 643. The second kappa shape index (κ2) is 8.95. The number of hydrogen-bond donors (Lipinski definition) is 2. The van der Waals surface area contributed by atoms with Gasteiger partial charge in [0.2, 0.25) is 10.0 Å². The molecule has 1 saturated heterocycles. The van der Waals surface area contributed by atoms with Crippen LogP contribution >= 0.6 is 12.2 Å². The Morgan fingerprint density at radius 2 is 2.04 bits per heavy atom. The molecule has 2 N–H and O–H groups in total. The molecule has 132 valence electrons. The molecule has 0 atom stereocenters. The lowest BCUT2D eigenvalue weighted by Gasteiger charge is -2.34. The van der Waals surface area contributed by atoms with Crippen molar-refractivity contribution in [2.75, 3.05) is 49.9 Å². The van der Waals surface area contributed by atoms with E-state index in [2.05, 4.69) is 27.1 Å². The largest absolute Gasteiger partial charge is 0.362 e. The van der Waals surface area contributed by atoms with Gasteiger partial charge in [0.25, 0.3) is 0 Å². The van der Waals surface area contributed by atoms with Crippen molar-refractivity contribution < 1.29 is 8.42 Å². The summed E-state index contributed by atoms with van der Waals surface area (Å²) < 4.78 is 26.3. The van der Waals surface area contributed by atoms with E-state index in [4.69, 9.17) is 12.2 Å². The minimum atomic E-state index is -3.29. The monoisotopic (exact) mass is 369 g/mol. The number of nitrogens with zero attached hydrogens (tertiary/aromatic N) is 3. The van der Waals surface area contributed by atoms with Gasteiger partial charge in [0.15, 0.2) is 5.11 Å². The summed E-state index contributed by atoms with van der Waals surface area (Å²) in [5.74, 6) is 0.904. The van der Waals surface area contributed by atoms with Crippen molar-refractivity contribution in [1.29, 1.82) is 0 Å². The van der Waals surface area contributed by atoms with Gasteiger partial charge in [0.1, 0.15) is 5.82 Å². The number of piperazine rings is 1. The zero-order chi connectivity index (χ0) is 17.4. The van der Waals surface area contributed by atoms with Gasteiger partial charge in [-0.05, 0) is 24.4 Å². The summed E-state index contributed by atoms with van der Waals surface area (Å²) in [5, 5.41) is 6.23. The number of nitrogens with one attached hydrogen (secondary N) is 2. The van der Waals surface area contributed by atoms with E-state index in [-0.39, 0.29) is 12.3 Å². The Morgan fingerprint density at radius 1 is 1.29 bits per heavy atom. The summed E-state index contributed by atoms with van der Waals surface area (Å²) in [4.78, 5) is 6.40. The maximum absolute atomic E-state index is 12.4. The van der Waals surface area contributed by atoms with Gasteiger partial charge in [0.05, 0.1) is 5.75 Å². The number of sulfonamides is 1. The van der Waals surface area contributed by atoms with Crippen molar-refractivity contribution in [2.24, 2.45) is 0 Å². The fraction of sp³-hybridized carbons (Fsp3) is 0.467. The molecule has 7 nitrogen and oxygen atoms in total. The zero-order valence-corrected chi connectivity index (χ0v) is 15.2. The van der Waals surface area contributed by atoms with Gasteiger partial charge in [-0.25, -0.2) is 13.4 Å². The van der Waals surface area contributed by atoms with Crippen LogP contribution in [0.1, 0.15) is 0 Å². The molecule has 1 aromatic rings. The quantitative estimate of drug-likeness (QED) is 0.524. The Labute approximate surface area is 148 Å². The first-order valence-corrected chi connectivity index (χ1v) is 9.81. The van der Waals surface area contributed by atoms with Crippen molar-refractivity contribution in [1.82, 2.24) is 19.9 Å². The SMILES string of the molecule is C=CCNC(=S)NCCS(=O)(=O)N1CCN(c2ccccn2)CC1. The van der Waals surface area contributed by atoms with E-state index in [1.54, 1.807) is 12.3 Å². The van der Waals surface area contributed by atoms with Crippen LogP contribution in [0.15, 0.2) is 37.1 Å². The van der Waals surface area contributed by atoms with E-state index in [9.17, 15) is 8.42 Å². The molecule has 1 aromatic heterocycles. The van der Waals surface area contributed by atoms with E-state index in [0.29, 0.717) is 37.8 Å². The molecule has 24 heavy (non-hydrogen) atoms. The molecule has 1 aliphatic heterocycles. The van der Waals surface area contributed by atoms with Crippen LogP contribution in [0.25, 0.3) is 0 Å². The molecule has 0 saturated carbocycles. The van der Waals surface area contributed by atoms with Crippen molar-refractivity contribution in [3.63, 3.8) is 0 Å². The predicted molar refractivity (Wildman–Crippen MR) is 101 cm³/mol. The molecule has 0 bridgehead atoms. The van der Waals surface area contributed by atoms with Crippen LogP contribution in [0.3, 0.4) is 0 Å². The highest BCUT2D eigenvalue weighted by molar-refractivity contribution is 7.89. The first kappa shape index (κ1) is 18.6. The second-order valence-corrected chi connectivity index (χ2v) is 7.81. The summed E-state index contributed by atoms with van der Waals surface area (Å²) in [6, 6.07) is 5.73. The number of anilines is 1. The lowest BCUT2D eigenvalue weighted by molar-refractivity contribution is 0.384. The highest BCUT2D eigenvalue weighted by Gasteiger charge is 2.26. The summed E-state index contributed by atoms with van der Waals surface area (Å²) in [5.41, 5.74) is 0. The van der Waals surface area contributed by atoms with Gasteiger partial charge in [-0.2, -0.15) is 4.31 Å². The smallest absolute Gasteiger partial charge is 0.215 e. The van der Waals surface area contributed by atoms with Crippen LogP contribution in [0.4, 0.5) is 5.82 Å². The van der Waals surface area contributed by atoms with E-state index in [0.717, 1.165) is 5.82 Å². The van der Waals surface area contributed by atoms with Crippen LogP contribution in [-0.4, -0.2) is 67.8 Å². The van der Waals surface area contributed by atoms with Gasteiger partial charge in [-0.1, -0.05) is 12.1 Å². The number of aromatic nitrogens is 1. The highest BCUT2D eigenvalue weighted by Crippen LogP contribution is 2.14. The Hall–Kier alpha value is -1.71. The topological polar surface area (TPSA) is 77.6 Å². The Kier molecular flexibility index (Phi) is 6.95. The maximum atomic E-state index is 12.4. The number of pyridine rings is 1. The average Bonchev–Trinajstić information content (AvgIpc) is 2.60. The first-order valence-electron chi connectivity index (χ1n) is 7.79. The lowest BCUT2D eigenvalue weighted by atomic mass is 10.3. The molecule has 0 aliphatic carbocycles. The molecule has 0 unspecified atom stereocenters. The van der Waals surface area contributed by atoms with Crippen molar-refractivity contribution >= 4 is 33.2 Å². The van der Waals surface area contributed by atoms with Crippen LogP contribution in [-0.2, 0) is 10.0 Å². The normalized spacial score (nSPS) is 15.8. The van der Waals surface area contributed by atoms with Crippen molar-refractivity contribution in [3.05, 3.63) is 37.1 Å². The third-order valence-electron chi connectivity index (χ3n) is 3.66. The number of thiocarbonyl (C=S) groups is 1. The molecule has 0 radical (unpaired) electrons. The summed E-state index contributed by atoms with van der Waals surface area (Å²) >= 11 is 5.04. The molecule has 0 amide bonds. The fourth-order valence-corrected chi connectivity index (χ4v) is 3.91. The highest BCUT2D eigenvalue weighted by atomic mass is 32.2. The summed E-state index contributed by atoms with van der Waals surface area (Å²) in [6.45, 7) is 6.64. The van der Waals surface area contributed by atoms with E-state index < -0.39 is 10.0 Å². The molecule has 0 spiro atoms.